The van der Waals surface area contributed by atoms with Crippen LogP contribution in [0.25, 0.3) is 10.8 Å². The van der Waals surface area contributed by atoms with E-state index >= 15 is 0 Å². The van der Waals surface area contributed by atoms with Gasteiger partial charge in [-0.25, -0.2) is 0 Å². The van der Waals surface area contributed by atoms with Crippen LogP contribution in [0.2, 0.25) is 0 Å². The SMILES string of the molecule is CC(=O)Oc1cc2cccc(CC(C)N)c2cc1OC(C)=O. The molecule has 5 nitrogen and oxygen atoms in total. The van der Waals surface area contributed by atoms with E-state index in [9.17, 15) is 9.59 Å². The van der Waals surface area contributed by atoms with Gasteiger partial charge in [0.1, 0.15) is 0 Å². The zero-order valence-electron chi connectivity index (χ0n) is 12.9. The fraction of sp³-hybridized carbons (Fsp3) is 0.294. The van der Waals surface area contributed by atoms with Gasteiger partial charge >= 0.3 is 11.9 Å². The molecule has 0 aliphatic heterocycles. The number of nitrogens with two attached hydrogens (primary N) is 1. The van der Waals surface area contributed by atoms with Crippen molar-refractivity contribution in [2.45, 2.75) is 33.2 Å². The molecule has 0 aliphatic rings. The molecule has 0 heterocycles. The molecule has 1 unspecified atom stereocenters. The zero-order valence-corrected chi connectivity index (χ0v) is 12.9. The summed E-state index contributed by atoms with van der Waals surface area (Å²) in [6.45, 7) is 4.53. The van der Waals surface area contributed by atoms with Crippen LogP contribution >= 0.6 is 0 Å². The molecule has 0 bridgehead atoms. The molecule has 22 heavy (non-hydrogen) atoms. The molecule has 1 atom stereocenters. The first-order valence-corrected chi connectivity index (χ1v) is 7.05. The van der Waals surface area contributed by atoms with Gasteiger partial charge in [0.25, 0.3) is 0 Å². The normalized spacial score (nSPS) is 12.0. The lowest BCUT2D eigenvalue weighted by Crippen LogP contribution is -2.17. The Morgan fingerprint density at radius 3 is 2.23 bits per heavy atom. The molecule has 0 saturated heterocycles. The minimum atomic E-state index is -0.475. The summed E-state index contributed by atoms with van der Waals surface area (Å²) in [6, 6.07) is 9.23. The number of rotatable bonds is 4. The summed E-state index contributed by atoms with van der Waals surface area (Å²) in [5, 5.41) is 1.82. The van der Waals surface area contributed by atoms with Gasteiger partial charge in [0.15, 0.2) is 11.5 Å². The van der Waals surface area contributed by atoms with Gasteiger partial charge in [0.05, 0.1) is 0 Å². The molecule has 2 N–H and O–H groups in total. The van der Waals surface area contributed by atoms with Gasteiger partial charge in [-0.1, -0.05) is 18.2 Å². The quantitative estimate of drug-likeness (QED) is 0.693. The minimum absolute atomic E-state index is 0.0101. The van der Waals surface area contributed by atoms with Crippen molar-refractivity contribution in [3.63, 3.8) is 0 Å². The molecule has 5 heteroatoms. The summed E-state index contributed by atoms with van der Waals surface area (Å²) in [4.78, 5) is 22.5. The molecular weight excluding hydrogens is 282 g/mol. The van der Waals surface area contributed by atoms with Gasteiger partial charge < -0.3 is 15.2 Å². The van der Waals surface area contributed by atoms with Crippen LogP contribution in [0.1, 0.15) is 26.3 Å². The lowest BCUT2D eigenvalue weighted by Gasteiger charge is -2.13. The first-order chi connectivity index (χ1) is 10.4. The van der Waals surface area contributed by atoms with E-state index in [2.05, 4.69) is 0 Å². The van der Waals surface area contributed by atoms with Crippen molar-refractivity contribution in [3.05, 3.63) is 35.9 Å². The van der Waals surface area contributed by atoms with Crippen molar-refractivity contribution in [1.82, 2.24) is 0 Å². The van der Waals surface area contributed by atoms with E-state index < -0.39 is 11.9 Å². The summed E-state index contributed by atoms with van der Waals surface area (Å²) in [7, 11) is 0. The number of ether oxygens (including phenoxy) is 2. The lowest BCUT2D eigenvalue weighted by atomic mass is 9.99. The first-order valence-electron chi connectivity index (χ1n) is 7.05. The summed E-state index contributed by atoms with van der Waals surface area (Å²) in [6.07, 6.45) is 0.698. The van der Waals surface area contributed by atoms with E-state index in [0.717, 1.165) is 16.3 Å². The van der Waals surface area contributed by atoms with Gasteiger partial charge in [-0.2, -0.15) is 0 Å². The van der Waals surface area contributed by atoms with E-state index in [4.69, 9.17) is 15.2 Å². The standard InChI is InChI=1S/C17H19NO4/c1-10(18)7-13-5-4-6-14-8-16(21-11(2)19)17(9-15(13)14)22-12(3)20/h4-6,8-10H,7,18H2,1-3H3. The molecular formula is C17H19NO4. The third-order valence-electron chi connectivity index (χ3n) is 3.08. The van der Waals surface area contributed by atoms with E-state index in [0.29, 0.717) is 6.42 Å². The second kappa shape index (κ2) is 6.58. The highest BCUT2D eigenvalue weighted by Crippen LogP contribution is 2.34. The van der Waals surface area contributed by atoms with Crippen molar-refractivity contribution >= 4 is 22.7 Å². The van der Waals surface area contributed by atoms with Crippen LogP contribution in [0.4, 0.5) is 0 Å². The smallest absolute Gasteiger partial charge is 0.308 e. The molecule has 2 rings (SSSR count). The van der Waals surface area contributed by atoms with Crippen molar-refractivity contribution < 1.29 is 19.1 Å². The first kappa shape index (κ1) is 16.0. The monoisotopic (exact) mass is 301 g/mol. The Kier molecular flexibility index (Phi) is 4.78. The highest BCUT2D eigenvalue weighted by Gasteiger charge is 2.14. The van der Waals surface area contributed by atoms with Crippen LogP contribution in [0.3, 0.4) is 0 Å². The predicted molar refractivity (Wildman–Crippen MR) is 83.9 cm³/mol. The second-order valence-electron chi connectivity index (χ2n) is 5.31. The molecule has 2 aromatic rings. The number of hydrogen-bond acceptors (Lipinski definition) is 5. The molecule has 0 aliphatic carbocycles. The number of carbonyl (C=O) groups excluding carboxylic acids is 2. The highest BCUT2D eigenvalue weighted by atomic mass is 16.6. The fourth-order valence-corrected chi connectivity index (χ4v) is 2.34. The molecule has 0 fully saturated rings. The Morgan fingerprint density at radius 1 is 1.09 bits per heavy atom. The third kappa shape index (κ3) is 3.83. The van der Waals surface area contributed by atoms with E-state index in [1.54, 1.807) is 12.1 Å². The Balaban J connectivity index is 2.60. The maximum atomic E-state index is 11.3. The van der Waals surface area contributed by atoms with E-state index in [1.165, 1.54) is 13.8 Å². The Labute approximate surface area is 129 Å². The van der Waals surface area contributed by atoms with Crippen LogP contribution in [0.15, 0.2) is 30.3 Å². The number of fused-ring (bicyclic) bond motifs is 1. The zero-order chi connectivity index (χ0) is 16.3. The molecule has 2 aromatic carbocycles. The molecule has 116 valence electrons. The second-order valence-corrected chi connectivity index (χ2v) is 5.31. The number of benzene rings is 2. The molecule has 0 radical (unpaired) electrons. The number of hydrogen-bond donors (Lipinski definition) is 1. The van der Waals surface area contributed by atoms with Crippen molar-refractivity contribution in [1.29, 1.82) is 0 Å². The van der Waals surface area contributed by atoms with Crippen LogP contribution in [-0.4, -0.2) is 18.0 Å². The van der Waals surface area contributed by atoms with E-state index in [-0.39, 0.29) is 17.5 Å². The van der Waals surface area contributed by atoms with Crippen molar-refractivity contribution in [3.8, 4) is 11.5 Å². The van der Waals surface area contributed by atoms with E-state index in [1.807, 2.05) is 25.1 Å². The summed E-state index contributed by atoms with van der Waals surface area (Å²) in [5.74, 6) is -0.489. The summed E-state index contributed by atoms with van der Waals surface area (Å²) < 4.78 is 10.3. The van der Waals surface area contributed by atoms with Crippen LogP contribution in [0, 0.1) is 0 Å². The van der Waals surface area contributed by atoms with Gasteiger partial charge in [0.2, 0.25) is 0 Å². The predicted octanol–water partition coefficient (Wildman–Crippen LogP) is 2.58. The topological polar surface area (TPSA) is 78.6 Å². The summed E-state index contributed by atoms with van der Waals surface area (Å²) in [5.41, 5.74) is 6.93. The Bertz CT molecular complexity index is 722. The Morgan fingerprint density at radius 2 is 1.68 bits per heavy atom. The lowest BCUT2D eigenvalue weighted by molar-refractivity contribution is -0.134. The Hall–Kier alpha value is -2.40. The number of carbonyl (C=O) groups is 2. The summed E-state index contributed by atoms with van der Waals surface area (Å²) >= 11 is 0. The maximum absolute atomic E-state index is 11.3. The van der Waals surface area contributed by atoms with Crippen molar-refractivity contribution in [2.75, 3.05) is 0 Å². The molecule has 0 aromatic heterocycles. The number of esters is 2. The van der Waals surface area contributed by atoms with Crippen LogP contribution in [-0.2, 0) is 16.0 Å². The third-order valence-corrected chi connectivity index (χ3v) is 3.08. The average molecular weight is 301 g/mol. The van der Waals surface area contributed by atoms with Crippen molar-refractivity contribution in [2.24, 2.45) is 5.73 Å². The largest absolute Gasteiger partial charge is 0.423 e. The van der Waals surface area contributed by atoms with Crippen LogP contribution in [0.5, 0.6) is 11.5 Å². The fourth-order valence-electron chi connectivity index (χ4n) is 2.34. The minimum Gasteiger partial charge on any atom is -0.423 e. The molecule has 0 spiro atoms. The van der Waals surface area contributed by atoms with Gasteiger partial charge in [-0.05, 0) is 41.8 Å². The average Bonchev–Trinajstić information content (AvgIpc) is 2.38. The van der Waals surface area contributed by atoms with Gasteiger partial charge in [-0.15, -0.1) is 0 Å². The van der Waals surface area contributed by atoms with Gasteiger partial charge in [-0.3, -0.25) is 9.59 Å². The van der Waals surface area contributed by atoms with Gasteiger partial charge in [0, 0.05) is 19.9 Å². The molecule has 0 saturated carbocycles. The highest BCUT2D eigenvalue weighted by molar-refractivity contribution is 5.90. The maximum Gasteiger partial charge on any atom is 0.308 e. The van der Waals surface area contributed by atoms with Crippen LogP contribution < -0.4 is 15.2 Å². The molecule has 0 amide bonds.